The van der Waals surface area contributed by atoms with Gasteiger partial charge < -0.3 is 24.2 Å². The van der Waals surface area contributed by atoms with Crippen LogP contribution in [0.5, 0.6) is 11.5 Å². The number of hydrogen-bond acceptors (Lipinski definition) is 6. The Morgan fingerprint density at radius 3 is 2.45 bits per heavy atom. The molecule has 1 amide bonds. The van der Waals surface area contributed by atoms with Crippen molar-refractivity contribution in [3.05, 3.63) is 101 Å². The molecule has 1 N–H and O–H groups in total. The topological polar surface area (TPSA) is 85.3 Å². The molecule has 1 fully saturated rings. The number of aryl methyl sites for hydroxylation is 1. The quantitative estimate of drug-likeness (QED) is 0.208. The van der Waals surface area contributed by atoms with Gasteiger partial charge >= 0.3 is 0 Å². The molecule has 0 saturated carbocycles. The van der Waals surface area contributed by atoms with E-state index in [1.807, 2.05) is 62.4 Å². The van der Waals surface area contributed by atoms with Crippen molar-refractivity contribution >= 4 is 17.4 Å². The van der Waals surface area contributed by atoms with Crippen molar-refractivity contribution in [2.75, 3.05) is 26.9 Å². The molecule has 1 saturated heterocycles. The molecule has 4 rings (SSSR count). The molecule has 1 aliphatic rings. The highest BCUT2D eigenvalue weighted by molar-refractivity contribution is 6.46. The fourth-order valence-corrected chi connectivity index (χ4v) is 4.49. The van der Waals surface area contributed by atoms with Gasteiger partial charge in [-0.2, -0.15) is 0 Å². The number of likely N-dealkylation sites (tertiary alicyclic amines) is 1. The maximum atomic E-state index is 13.3. The summed E-state index contributed by atoms with van der Waals surface area (Å²) < 4.78 is 16.9. The van der Waals surface area contributed by atoms with Crippen molar-refractivity contribution < 1.29 is 28.9 Å². The molecule has 1 heterocycles. The third-order valence-corrected chi connectivity index (χ3v) is 6.41. The van der Waals surface area contributed by atoms with Gasteiger partial charge in [-0.05, 0) is 60.4 Å². The zero-order valence-corrected chi connectivity index (χ0v) is 22.0. The highest BCUT2D eigenvalue weighted by Crippen LogP contribution is 2.40. The first-order chi connectivity index (χ1) is 18.4. The Balaban J connectivity index is 1.72. The highest BCUT2D eigenvalue weighted by Gasteiger charge is 2.46. The van der Waals surface area contributed by atoms with Gasteiger partial charge in [0.25, 0.3) is 11.7 Å². The summed E-state index contributed by atoms with van der Waals surface area (Å²) in [7, 11) is 1.54. The van der Waals surface area contributed by atoms with E-state index in [0.717, 1.165) is 17.5 Å². The zero-order chi connectivity index (χ0) is 27.1. The average Bonchev–Trinajstić information content (AvgIpc) is 3.19. The summed E-state index contributed by atoms with van der Waals surface area (Å²) in [6, 6.07) is 21.5. The van der Waals surface area contributed by atoms with E-state index in [2.05, 4.69) is 0 Å². The number of aliphatic hydroxyl groups excluding tert-OH is 1. The Bertz CT molecular complexity index is 1320. The second-order valence-electron chi connectivity index (χ2n) is 9.16. The van der Waals surface area contributed by atoms with E-state index in [9.17, 15) is 14.7 Å². The fourth-order valence-electron chi connectivity index (χ4n) is 4.49. The number of hydrogen-bond donors (Lipinski definition) is 1. The van der Waals surface area contributed by atoms with Crippen molar-refractivity contribution in [3.8, 4) is 11.5 Å². The molecule has 3 aromatic rings. The predicted octanol–water partition coefficient (Wildman–Crippen LogP) is 5.43. The number of benzene rings is 3. The zero-order valence-electron chi connectivity index (χ0n) is 22.0. The minimum absolute atomic E-state index is 0.0351. The fraction of sp³-hybridized carbons (Fsp3) is 0.290. The van der Waals surface area contributed by atoms with Crippen molar-refractivity contribution in [1.29, 1.82) is 0 Å². The largest absolute Gasteiger partial charge is 0.507 e. The Morgan fingerprint density at radius 1 is 0.947 bits per heavy atom. The summed E-state index contributed by atoms with van der Waals surface area (Å²) in [5.41, 5.74) is 2.98. The summed E-state index contributed by atoms with van der Waals surface area (Å²) in [4.78, 5) is 27.8. The first-order valence-corrected chi connectivity index (χ1v) is 12.7. The molecule has 3 aromatic carbocycles. The monoisotopic (exact) mass is 515 g/mol. The van der Waals surface area contributed by atoms with Crippen molar-refractivity contribution in [2.24, 2.45) is 0 Å². The second kappa shape index (κ2) is 12.4. The summed E-state index contributed by atoms with van der Waals surface area (Å²) in [5.74, 6) is -0.332. The van der Waals surface area contributed by atoms with Gasteiger partial charge in [-0.25, -0.2) is 0 Å². The number of ketones is 1. The number of rotatable bonds is 11. The number of carbonyl (C=O) groups excluding carboxylic acids is 2. The molecule has 0 bridgehead atoms. The summed E-state index contributed by atoms with van der Waals surface area (Å²) in [6.07, 6.45) is 0.875. The lowest BCUT2D eigenvalue weighted by Crippen LogP contribution is -2.32. The van der Waals surface area contributed by atoms with E-state index < -0.39 is 17.7 Å². The maximum absolute atomic E-state index is 13.3. The molecule has 1 unspecified atom stereocenters. The third kappa shape index (κ3) is 5.89. The molecule has 0 aliphatic carbocycles. The Hall–Kier alpha value is -4.10. The highest BCUT2D eigenvalue weighted by atomic mass is 16.5. The number of aliphatic hydroxyl groups is 1. The summed E-state index contributed by atoms with van der Waals surface area (Å²) in [5, 5.41) is 11.4. The van der Waals surface area contributed by atoms with Crippen LogP contribution in [-0.2, 0) is 20.9 Å². The van der Waals surface area contributed by atoms with Gasteiger partial charge in [-0.1, -0.05) is 49.4 Å². The molecular weight excluding hydrogens is 482 g/mol. The SMILES string of the molecule is CCCOc1ccc(/C(O)=C2\C(=O)C(=O)N(CCOC)C2c2cccc(OCc3ccccc3)c2)cc1C. The van der Waals surface area contributed by atoms with Crippen molar-refractivity contribution in [1.82, 2.24) is 4.90 Å². The Kier molecular flexibility index (Phi) is 8.81. The smallest absolute Gasteiger partial charge is 0.295 e. The number of amides is 1. The lowest BCUT2D eigenvalue weighted by atomic mass is 9.94. The van der Waals surface area contributed by atoms with E-state index >= 15 is 0 Å². The average molecular weight is 516 g/mol. The number of carbonyl (C=O) groups is 2. The van der Waals surface area contributed by atoms with Crippen LogP contribution in [0.4, 0.5) is 0 Å². The van der Waals surface area contributed by atoms with Crippen LogP contribution in [0.2, 0.25) is 0 Å². The molecule has 198 valence electrons. The van der Waals surface area contributed by atoms with Gasteiger partial charge in [0, 0.05) is 19.2 Å². The molecule has 1 aliphatic heterocycles. The van der Waals surface area contributed by atoms with E-state index in [4.69, 9.17) is 14.2 Å². The summed E-state index contributed by atoms with van der Waals surface area (Å²) >= 11 is 0. The molecule has 7 heteroatoms. The number of methoxy groups -OCH3 is 1. The standard InChI is InChI=1S/C31H33NO6/c1-4-16-37-26-14-13-24(18-21(26)2)29(33)27-28(32(15-17-36-3)31(35)30(27)34)23-11-8-12-25(19-23)38-20-22-9-6-5-7-10-22/h5-14,18-19,28,33H,4,15-17,20H2,1-3H3/b29-27+. The lowest BCUT2D eigenvalue weighted by molar-refractivity contribution is -0.140. The van der Waals surface area contributed by atoms with Gasteiger partial charge in [0.2, 0.25) is 0 Å². The van der Waals surface area contributed by atoms with Gasteiger partial charge in [-0.15, -0.1) is 0 Å². The second-order valence-corrected chi connectivity index (χ2v) is 9.16. The van der Waals surface area contributed by atoms with E-state index in [1.165, 1.54) is 12.0 Å². The predicted molar refractivity (Wildman–Crippen MR) is 145 cm³/mol. The molecule has 0 spiro atoms. The van der Waals surface area contributed by atoms with Gasteiger partial charge in [0.1, 0.15) is 23.9 Å². The van der Waals surface area contributed by atoms with Crippen LogP contribution in [0, 0.1) is 6.92 Å². The maximum Gasteiger partial charge on any atom is 0.295 e. The van der Waals surface area contributed by atoms with Crippen molar-refractivity contribution in [2.45, 2.75) is 32.9 Å². The van der Waals surface area contributed by atoms with Crippen LogP contribution < -0.4 is 9.47 Å². The minimum Gasteiger partial charge on any atom is -0.507 e. The number of nitrogens with zero attached hydrogens (tertiary/aromatic N) is 1. The molecule has 0 aromatic heterocycles. The summed E-state index contributed by atoms with van der Waals surface area (Å²) in [6.45, 7) is 5.31. The van der Waals surface area contributed by atoms with E-state index in [0.29, 0.717) is 35.8 Å². The van der Waals surface area contributed by atoms with Gasteiger partial charge in [0.15, 0.2) is 0 Å². The minimum atomic E-state index is -0.790. The van der Waals surface area contributed by atoms with Crippen LogP contribution in [-0.4, -0.2) is 48.6 Å². The van der Waals surface area contributed by atoms with E-state index in [1.54, 1.807) is 24.3 Å². The van der Waals surface area contributed by atoms with Crippen LogP contribution in [0.3, 0.4) is 0 Å². The van der Waals surface area contributed by atoms with E-state index in [-0.39, 0.29) is 24.5 Å². The lowest BCUT2D eigenvalue weighted by Gasteiger charge is -2.25. The van der Waals surface area contributed by atoms with Gasteiger partial charge in [0.05, 0.1) is 24.8 Å². The first-order valence-electron chi connectivity index (χ1n) is 12.7. The molecular formula is C31H33NO6. The first kappa shape index (κ1) is 26.9. The van der Waals surface area contributed by atoms with Crippen LogP contribution in [0.25, 0.3) is 5.76 Å². The van der Waals surface area contributed by atoms with Crippen LogP contribution in [0.1, 0.15) is 41.6 Å². The van der Waals surface area contributed by atoms with Crippen LogP contribution >= 0.6 is 0 Å². The molecule has 0 radical (unpaired) electrons. The normalized spacial score (nSPS) is 16.6. The Morgan fingerprint density at radius 2 is 1.74 bits per heavy atom. The van der Waals surface area contributed by atoms with Crippen LogP contribution in [0.15, 0.2) is 78.4 Å². The van der Waals surface area contributed by atoms with Crippen molar-refractivity contribution in [3.63, 3.8) is 0 Å². The number of ether oxygens (including phenoxy) is 3. The van der Waals surface area contributed by atoms with Gasteiger partial charge in [-0.3, -0.25) is 9.59 Å². The molecule has 38 heavy (non-hydrogen) atoms. The third-order valence-electron chi connectivity index (χ3n) is 6.41. The molecule has 7 nitrogen and oxygen atoms in total. The Labute approximate surface area is 223 Å². The molecule has 1 atom stereocenters. The number of Topliss-reactive ketones (excluding diaryl/α,β-unsaturated/α-hetero) is 1.